The molecule has 0 radical (unpaired) electrons. The van der Waals surface area contributed by atoms with Crippen LogP contribution in [-0.2, 0) is 0 Å². The molecule has 0 fully saturated rings. The molecular formula is C11H14N4O. The average Bonchev–Trinajstić information content (AvgIpc) is 2.29. The second kappa shape index (κ2) is 4.24. The highest BCUT2D eigenvalue weighted by Gasteiger charge is 2.08. The van der Waals surface area contributed by atoms with Crippen LogP contribution in [0.2, 0.25) is 0 Å². The zero-order valence-corrected chi connectivity index (χ0v) is 8.77. The Morgan fingerprint density at radius 2 is 2.12 bits per heavy atom. The van der Waals surface area contributed by atoms with Crippen molar-refractivity contribution in [1.82, 2.24) is 4.98 Å². The molecule has 1 aromatic heterocycles. The summed E-state index contributed by atoms with van der Waals surface area (Å²) in [6.07, 6.45) is 1.69. The van der Waals surface area contributed by atoms with E-state index >= 15 is 0 Å². The Hall–Kier alpha value is -2.01. The smallest absolute Gasteiger partial charge is 0.0975 e. The highest BCUT2D eigenvalue weighted by atomic mass is 16.3. The summed E-state index contributed by atoms with van der Waals surface area (Å²) in [4.78, 5) is 4.25. The minimum Gasteiger partial charge on any atom is -0.398 e. The Kier molecular flexibility index (Phi) is 2.78. The van der Waals surface area contributed by atoms with Gasteiger partial charge < -0.3 is 21.9 Å². The molecule has 0 aliphatic heterocycles. The normalized spacial score (nSPS) is 10.6. The van der Waals surface area contributed by atoms with E-state index in [0.29, 0.717) is 17.9 Å². The van der Waals surface area contributed by atoms with E-state index in [1.807, 2.05) is 12.1 Å². The quantitative estimate of drug-likeness (QED) is 0.571. The fraction of sp³-hybridized carbons (Fsp3) is 0.182. The highest BCUT2D eigenvalue weighted by Crippen LogP contribution is 2.32. The Balaban J connectivity index is 2.61. The summed E-state index contributed by atoms with van der Waals surface area (Å²) in [5.74, 6) is 0. The first-order valence-corrected chi connectivity index (χ1v) is 5.01. The lowest BCUT2D eigenvalue weighted by atomic mass is 10.1. The van der Waals surface area contributed by atoms with Gasteiger partial charge in [-0.05, 0) is 18.2 Å². The number of nitrogens with two attached hydrogens (primary N) is 2. The molecule has 2 rings (SSSR count). The van der Waals surface area contributed by atoms with Gasteiger partial charge in [0.05, 0.1) is 23.5 Å². The van der Waals surface area contributed by atoms with Crippen LogP contribution in [-0.4, -0.2) is 23.2 Å². The number of aromatic nitrogens is 1. The van der Waals surface area contributed by atoms with Gasteiger partial charge in [0.1, 0.15) is 0 Å². The SMILES string of the molecule is Nc1cc(N)c2cccnc2c1NCCO. The first-order chi connectivity index (χ1) is 7.74. The number of nitrogen functional groups attached to an aromatic ring is 2. The molecule has 2 aromatic rings. The number of nitrogens with zero attached hydrogens (tertiary/aromatic N) is 1. The van der Waals surface area contributed by atoms with E-state index in [9.17, 15) is 0 Å². The van der Waals surface area contributed by atoms with Gasteiger partial charge in [-0.25, -0.2) is 0 Å². The number of hydrogen-bond acceptors (Lipinski definition) is 5. The Labute approximate surface area is 93.1 Å². The molecule has 0 spiro atoms. The summed E-state index contributed by atoms with van der Waals surface area (Å²) in [6, 6.07) is 5.41. The number of nitrogens with one attached hydrogen (secondary N) is 1. The molecule has 0 aliphatic carbocycles. The van der Waals surface area contributed by atoms with Crippen LogP contribution < -0.4 is 16.8 Å². The molecular weight excluding hydrogens is 204 g/mol. The van der Waals surface area contributed by atoms with Crippen LogP contribution in [0.1, 0.15) is 0 Å². The minimum atomic E-state index is 0.0398. The molecule has 5 nitrogen and oxygen atoms in total. The molecule has 0 atom stereocenters. The van der Waals surface area contributed by atoms with Gasteiger partial charge >= 0.3 is 0 Å². The van der Waals surface area contributed by atoms with Crippen molar-refractivity contribution >= 4 is 28.0 Å². The molecule has 0 saturated heterocycles. The fourth-order valence-electron chi connectivity index (χ4n) is 1.66. The Bertz CT molecular complexity index is 513. The van der Waals surface area contributed by atoms with E-state index in [1.54, 1.807) is 12.3 Å². The molecule has 0 saturated carbocycles. The summed E-state index contributed by atoms with van der Waals surface area (Å²) in [6.45, 7) is 0.470. The van der Waals surface area contributed by atoms with Gasteiger partial charge in [0.2, 0.25) is 0 Å². The lowest BCUT2D eigenvalue weighted by molar-refractivity contribution is 0.311. The monoisotopic (exact) mass is 218 g/mol. The number of aliphatic hydroxyl groups excluding tert-OH is 1. The molecule has 84 valence electrons. The van der Waals surface area contributed by atoms with Gasteiger partial charge in [0.25, 0.3) is 0 Å². The average molecular weight is 218 g/mol. The number of rotatable bonds is 3. The van der Waals surface area contributed by atoms with Crippen LogP contribution in [0.15, 0.2) is 24.4 Å². The predicted octanol–water partition coefficient (Wildman–Crippen LogP) is 0.803. The highest BCUT2D eigenvalue weighted by molar-refractivity contribution is 6.03. The maximum absolute atomic E-state index is 8.80. The van der Waals surface area contributed by atoms with Crippen LogP contribution in [0.5, 0.6) is 0 Å². The molecule has 5 heteroatoms. The zero-order valence-electron chi connectivity index (χ0n) is 8.77. The summed E-state index contributed by atoms with van der Waals surface area (Å²) in [7, 11) is 0. The number of hydrogen-bond donors (Lipinski definition) is 4. The van der Waals surface area contributed by atoms with Crippen LogP contribution in [0.3, 0.4) is 0 Å². The van der Waals surface area contributed by atoms with Crippen molar-refractivity contribution < 1.29 is 5.11 Å². The summed E-state index contributed by atoms with van der Waals surface area (Å²) in [5, 5.41) is 12.7. The van der Waals surface area contributed by atoms with Crippen molar-refractivity contribution in [2.24, 2.45) is 0 Å². The largest absolute Gasteiger partial charge is 0.398 e. The van der Waals surface area contributed by atoms with E-state index < -0.39 is 0 Å². The topological polar surface area (TPSA) is 97.2 Å². The van der Waals surface area contributed by atoms with Crippen molar-refractivity contribution in [3.8, 4) is 0 Å². The first kappa shape index (κ1) is 10.5. The van der Waals surface area contributed by atoms with Gasteiger partial charge in [0, 0.05) is 23.8 Å². The summed E-state index contributed by atoms with van der Waals surface area (Å²) < 4.78 is 0. The van der Waals surface area contributed by atoms with Crippen LogP contribution in [0, 0.1) is 0 Å². The molecule has 0 unspecified atom stereocenters. The van der Waals surface area contributed by atoms with E-state index in [4.69, 9.17) is 16.6 Å². The maximum atomic E-state index is 8.80. The van der Waals surface area contributed by atoms with Crippen LogP contribution in [0.4, 0.5) is 17.1 Å². The van der Waals surface area contributed by atoms with Gasteiger partial charge in [-0.1, -0.05) is 0 Å². The van der Waals surface area contributed by atoms with Crippen molar-refractivity contribution in [3.05, 3.63) is 24.4 Å². The van der Waals surface area contributed by atoms with E-state index in [2.05, 4.69) is 10.3 Å². The molecule has 0 amide bonds. The number of pyridine rings is 1. The van der Waals surface area contributed by atoms with Crippen molar-refractivity contribution in [2.75, 3.05) is 29.9 Å². The summed E-state index contributed by atoms with van der Waals surface area (Å²) >= 11 is 0. The molecule has 1 aromatic carbocycles. The van der Waals surface area contributed by atoms with E-state index in [-0.39, 0.29) is 6.61 Å². The fourth-order valence-corrected chi connectivity index (χ4v) is 1.66. The van der Waals surface area contributed by atoms with Gasteiger partial charge in [0.15, 0.2) is 0 Å². The molecule has 6 N–H and O–H groups in total. The third-order valence-electron chi connectivity index (χ3n) is 2.37. The van der Waals surface area contributed by atoms with Crippen LogP contribution >= 0.6 is 0 Å². The standard InChI is InChI=1S/C11H14N4O/c12-8-6-9(13)11(15-4-5-16)10-7(8)2-1-3-14-10/h1-3,6,15-16H,4-5,12-13H2. The van der Waals surface area contributed by atoms with E-state index in [1.165, 1.54) is 0 Å². The molecule has 0 bridgehead atoms. The predicted molar refractivity (Wildman–Crippen MR) is 66.1 cm³/mol. The third kappa shape index (κ3) is 1.72. The Morgan fingerprint density at radius 1 is 1.31 bits per heavy atom. The number of benzene rings is 1. The van der Waals surface area contributed by atoms with Crippen molar-refractivity contribution in [2.45, 2.75) is 0 Å². The second-order valence-corrected chi connectivity index (χ2v) is 3.48. The zero-order chi connectivity index (χ0) is 11.5. The number of aliphatic hydroxyl groups is 1. The van der Waals surface area contributed by atoms with Crippen molar-refractivity contribution in [1.29, 1.82) is 0 Å². The van der Waals surface area contributed by atoms with E-state index in [0.717, 1.165) is 16.6 Å². The van der Waals surface area contributed by atoms with Gasteiger partial charge in [-0.15, -0.1) is 0 Å². The molecule has 1 heterocycles. The molecule has 0 aliphatic rings. The summed E-state index contributed by atoms with van der Waals surface area (Å²) in [5.41, 5.74) is 14.3. The lowest BCUT2D eigenvalue weighted by Gasteiger charge is -2.12. The number of anilines is 3. The number of fused-ring (bicyclic) bond motifs is 1. The Morgan fingerprint density at radius 3 is 2.88 bits per heavy atom. The van der Waals surface area contributed by atoms with Crippen molar-refractivity contribution in [3.63, 3.8) is 0 Å². The third-order valence-corrected chi connectivity index (χ3v) is 2.37. The second-order valence-electron chi connectivity index (χ2n) is 3.48. The van der Waals surface area contributed by atoms with Crippen LogP contribution in [0.25, 0.3) is 10.9 Å². The van der Waals surface area contributed by atoms with Gasteiger partial charge in [-0.2, -0.15) is 0 Å². The lowest BCUT2D eigenvalue weighted by Crippen LogP contribution is -2.09. The maximum Gasteiger partial charge on any atom is 0.0975 e. The van der Waals surface area contributed by atoms with Gasteiger partial charge in [-0.3, -0.25) is 4.98 Å². The minimum absolute atomic E-state index is 0.0398. The molecule has 16 heavy (non-hydrogen) atoms. The first-order valence-electron chi connectivity index (χ1n) is 5.01.